The molecule has 0 heterocycles. The van der Waals surface area contributed by atoms with E-state index in [9.17, 15) is 24.0 Å². The number of nitrogens with one attached hydrogen (secondary N) is 5. The SMILES string of the molecule is CC(=O)NCC(NC(=O)OC(C)C)C(=O)NCCCC(C)C(=O)NCC(=O)NCC(C)C. The summed E-state index contributed by atoms with van der Waals surface area (Å²) in [5, 5.41) is 12.9. The second-order valence-corrected chi connectivity index (χ2v) is 8.34. The first kappa shape index (κ1) is 29.1. The summed E-state index contributed by atoms with van der Waals surface area (Å²) in [6, 6.07) is -0.991. The predicted molar refractivity (Wildman–Crippen MR) is 119 cm³/mol. The summed E-state index contributed by atoms with van der Waals surface area (Å²) in [7, 11) is 0. The van der Waals surface area contributed by atoms with E-state index in [2.05, 4.69) is 26.6 Å². The Bertz CT molecular complexity index is 638. The van der Waals surface area contributed by atoms with Crippen LogP contribution in [0.5, 0.6) is 0 Å². The van der Waals surface area contributed by atoms with E-state index < -0.39 is 18.0 Å². The van der Waals surface area contributed by atoms with Crippen molar-refractivity contribution in [1.29, 1.82) is 0 Å². The first-order valence-corrected chi connectivity index (χ1v) is 11.0. The van der Waals surface area contributed by atoms with Gasteiger partial charge in [0.2, 0.25) is 23.6 Å². The van der Waals surface area contributed by atoms with Crippen molar-refractivity contribution in [2.45, 2.75) is 66.5 Å². The van der Waals surface area contributed by atoms with Gasteiger partial charge in [0.1, 0.15) is 6.04 Å². The summed E-state index contributed by atoms with van der Waals surface area (Å²) in [6.07, 6.45) is -0.0937. The molecule has 0 aliphatic carbocycles. The van der Waals surface area contributed by atoms with Gasteiger partial charge >= 0.3 is 6.09 Å². The molecule has 32 heavy (non-hydrogen) atoms. The monoisotopic (exact) mass is 457 g/mol. The molecule has 0 aliphatic heterocycles. The third-order valence-electron chi connectivity index (χ3n) is 4.20. The maximum absolute atomic E-state index is 12.4. The molecule has 2 unspecified atom stereocenters. The highest BCUT2D eigenvalue weighted by Gasteiger charge is 2.22. The number of rotatable bonds is 14. The van der Waals surface area contributed by atoms with Gasteiger partial charge in [0, 0.05) is 32.5 Å². The highest BCUT2D eigenvalue weighted by molar-refractivity contribution is 5.87. The van der Waals surface area contributed by atoms with E-state index in [0.29, 0.717) is 25.3 Å². The summed E-state index contributed by atoms with van der Waals surface area (Å²) >= 11 is 0. The lowest BCUT2D eigenvalue weighted by Crippen LogP contribution is -2.53. The van der Waals surface area contributed by atoms with Gasteiger partial charge < -0.3 is 31.3 Å². The molecule has 0 aromatic rings. The lowest BCUT2D eigenvalue weighted by Gasteiger charge is -2.19. The van der Waals surface area contributed by atoms with Crippen LogP contribution in [0.1, 0.15) is 54.4 Å². The normalized spacial score (nSPS) is 12.5. The highest BCUT2D eigenvalue weighted by atomic mass is 16.6. The molecule has 0 aromatic carbocycles. The van der Waals surface area contributed by atoms with Gasteiger partial charge in [-0.1, -0.05) is 20.8 Å². The van der Waals surface area contributed by atoms with Crippen molar-refractivity contribution in [3.63, 3.8) is 0 Å². The third kappa shape index (κ3) is 15.0. The van der Waals surface area contributed by atoms with Crippen LogP contribution in [0.3, 0.4) is 0 Å². The molecule has 0 radical (unpaired) electrons. The van der Waals surface area contributed by atoms with Gasteiger partial charge in [0.25, 0.3) is 0 Å². The Morgan fingerprint density at radius 1 is 0.812 bits per heavy atom. The molecule has 2 atom stereocenters. The van der Waals surface area contributed by atoms with E-state index in [1.54, 1.807) is 20.8 Å². The lowest BCUT2D eigenvalue weighted by atomic mass is 10.0. The Hall–Kier alpha value is -2.85. The molecule has 11 heteroatoms. The minimum Gasteiger partial charge on any atom is -0.447 e. The number of hydrogen-bond donors (Lipinski definition) is 5. The molecular formula is C21H39N5O6. The minimum absolute atomic E-state index is 0.0738. The maximum Gasteiger partial charge on any atom is 0.408 e. The summed E-state index contributed by atoms with van der Waals surface area (Å²) in [5.41, 5.74) is 0. The molecule has 0 bridgehead atoms. The van der Waals surface area contributed by atoms with Crippen molar-refractivity contribution in [3.05, 3.63) is 0 Å². The van der Waals surface area contributed by atoms with Gasteiger partial charge in [-0.05, 0) is 32.6 Å². The average Bonchev–Trinajstić information content (AvgIpc) is 2.69. The summed E-state index contributed by atoms with van der Waals surface area (Å²) in [5.74, 6) is -1.28. The molecule has 0 spiro atoms. The standard InChI is InChI=1S/C21H39N5O6/c1-13(2)10-24-18(28)12-25-19(29)15(5)8-7-9-22-20(30)17(11-23-16(6)27)26-21(31)32-14(3)4/h13-15,17H,7-12H2,1-6H3,(H,22,30)(H,23,27)(H,24,28)(H,25,29)(H,26,31). The quantitative estimate of drug-likeness (QED) is 0.232. The zero-order valence-electron chi connectivity index (χ0n) is 20.0. The summed E-state index contributed by atoms with van der Waals surface area (Å²) in [6.45, 7) is 11.1. The van der Waals surface area contributed by atoms with Crippen molar-refractivity contribution in [1.82, 2.24) is 26.6 Å². The number of hydrogen-bond acceptors (Lipinski definition) is 6. The maximum atomic E-state index is 12.4. The van der Waals surface area contributed by atoms with E-state index in [4.69, 9.17) is 4.74 Å². The second kappa shape index (κ2) is 15.9. The summed E-state index contributed by atoms with van der Waals surface area (Å²) < 4.78 is 4.97. The minimum atomic E-state index is -0.991. The molecular weight excluding hydrogens is 418 g/mol. The third-order valence-corrected chi connectivity index (χ3v) is 4.20. The topological polar surface area (TPSA) is 155 Å². The molecule has 0 rings (SSSR count). The number of carbonyl (C=O) groups is 5. The molecule has 5 N–H and O–H groups in total. The average molecular weight is 458 g/mol. The van der Waals surface area contributed by atoms with E-state index in [-0.39, 0.29) is 49.4 Å². The molecule has 184 valence electrons. The van der Waals surface area contributed by atoms with Crippen LogP contribution in [0.2, 0.25) is 0 Å². The van der Waals surface area contributed by atoms with Gasteiger partial charge in [0.05, 0.1) is 12.6 Å². The number of ether oxygens (including phenoxy) is 1. The predicted octanol–water partition coefficient (Wildman–Crippen LogP) is 0.0466. The Balaban J connectivity index is 4.36. The van der Waals surface area contributed by atoms with Crippen LogP contribution in [-0.2, 0) is 23.9 Å². The van der Waals surface area contributed by atoms with Crippen molar-refractivity contribution in [3.8, 4) is 0 Å². The zero-order chi connectivity index (χ0) is 24.7. The van der Waals surface area contributed by atoms with Crippen LogP contribution in [0, 0.1) is 11.8 Å². The Morgan fingerprint density at radius 2 is 1.47 bits per heavy atom. The lowest BCUT2D eigenvalue weighted by molar-refractivity contribution is -0.128. The van der Waals surface area contributed by atoms with Gasteiger partial charge in [-0.3, -0.25) is 19.2 Å². The fraction of sp³-hybridized carbons (Fsp3) is 0.762. The number of amides is 5. The zero-order valence-corrected chi connectivity index (χ0v) is 20.0. The highest BCUT2D eigenvalue weighted by Crippen LogP contribution is 2.04. The van der Waals surface area contributed by atoms with E-state index in [1.165, 1.54) is 6.92 Å². The fourth-order valence-corrected chi connectivity index (χ4v) is 2.44. The van der Waals surface area contributed by atoms with Crippen LogP contribution in [-0.4, -0.2) is 68.0 Å². The molecule has 0 saturated heterocycles. The Kier molecular flexibility index (Phi) is 14.5. The molecule has 0 saturated carbocycles. The molecule has 0 aliphatic rings. The summed E-state index contributed by atoms with van der Waals surface area (Å²) in [4.78, 5) is 59.1. The molecule has 0 fully saturated rings. The van der Waals surface area contributed by atoms with Crippen LogP contribution in [0.25, 0.3) is 0 Å². The van der Waals surface area contributed by atoms with Crippen LogP contribution in [0.4, 0.5) is 4.79 Å². The van der Waals surface area contributed by atoms with Crippen LogP contribution >= 0.6 is 0 Å². The molecule has 0 aromatic heterocycles. The first-order valence-electron chi connectivity index (χ1n) is 11.0. The molecule has 5 amide bonds. The van der Waals surface area contributed by atoms with Crippen molar-refractivity contribution in [2.75, 3.05) is 26.2 Å². The van der Waals surface area contributed by atoms with E-state index in [1.807, 2.05) is 13.8 Å². The largest absolute Gasteiger partial charge is 0.447 e. The van der Waals surface area contributed by atoms with Crippen molar-refractivity contribution < 1.29 is 28.7 Å². The number of carbonyl (C=O) groups excluding carboxylic acids is 5. The number of alkyl carbamates (subject to hydrolysis) is 1. The van der Waals surface area contributed by atoms with Gasteiger partial charge in [-0.15, -0.1) is 0 Å². The van der Waals surface area contributed by atoms with Crippen molar-refractivity contribution in [2.24, 2.45) is 11.8 Å². The van der Waals surface area contributed by atoms with Gasteiger partial charge in [-0.25, -0.2) is 4.79 Å². The molecule has 11 nitrogen and oxygen atoms in total. The Labute approximate surface area is 190 Å². The fourth-order valence-electron chi connectivity index (χ4n) is 2.44. The van der Waals surface area contributed by atoms with E-state index >= 15 is 0 Å². The smallest absolute Gasteiger partial charge is 0.408 e. The Morgan fingerprint density at radius 3 is 2.03 bits per heavy atom. The first-order chi connectivity index (χ1) is 14.9. The van der Waals surface area contributed by atoms with Crippen LogP contribution < -0.4 is 26.6 Å². The van der Waals surface area contributed by atoms with Crippen LogP contribution in [0.15, 0.2) is 0 Å². The van der Waals surface area contributed by atoms with Crippen molar-refractivity contribution >= 4 is 29.7 Å². The van der Waals surface area contributed by atoms with Gasteiger partial charge in [0.15, 0.2) is 0 Å². The van der Waals surface area contributed by atoms with E-state index in [0.717, 1.165) is 0 Å². The second-order valence-electron chi connectivity index (χ2n) is 8.34. The van der Waals surface area contributed by atoms with Gasteiger partial charge in [-0.2, -0.15) is 0 Å².